The summed E-state index contributed by atoms with van der Waals surface area (Å²) in [5.74, 6) is 0. The first-order chi connectivity index (χ1) is 6.24. The van der Waals surface area contributed by atoms with Crippen molar-refractivity contribution < 1.29 is 0 Å². The summed E-state index contributed by atoms with van der Waals surface area (Å²) in [6.45, 7) is 7.25. The lowest BCUT2D eigenvalue weighted by Gasteiger charge is -2.13. The van der Waals surface area contributed by atoms with Crippen LogP contribution in [-0.2, 0) is 19.4 Å². The molecule has 2 N–H and O–H groups in total. The first kappa shape index (κ1) is 10.3. The van der Waals surface area contributed by atoms with E-state index in [9.17, 15) is 0 Å². The van der Waals surface area contributed by atoms with Gasteiger partial charge in [0.15, 0.2) is 0 Å². The summed E-state index contributed by atoms with van der Waals surface area (Å²) in [4.78, 5) is 0. The third-order valence-corrected chi connectivity index (χ3v) is 2.69. The van der Waals surface area contributed by atoms with E-state index in [1.54, 1.807) is 0 Å². The molecule has 0 saturated carbocycles. The molecule has 0 aliphatic heterocycles. The van der Waals surface area contributed by atoms with Gasteiger partial charge in [0.05, 0.1) is 0 Å². The smallest absolute Gasteiger partial charge is 0.0180 e. The van der Waals surface area contributed by atoms with E-state index in [2.05, 4.69) is 32.9 Å². The molecule has 1 rings (SSSR count). The Hall–Kier alpha value is -0.820. The SMILES string of the molecule is CCc1c(C)ccc(CN)c1CC. The summed E-state index contributed by atoms with van der Waals surface area (Å²) in [6.07, 6.45) is 2.21. The summed E-state index contributed by atoms with van der Waals surface area (Å²) in [5, 5.41) is 0. The molecule has 0 bridgehead atoms. The van der Waals surface area contributed by atoms with Gasteiger partial charge >= 0.3 is 0 Å². The Bertz CT molecular complexity index is 289. The fourth-order valence-electron chi connectivity index (χ4n) is 1.98. The molecule has 0 unspecified atom stereocenters. The van der Waals surface area contributed by atoms with Crippen molar-refractivity contribution in [3.05, 3.63) is 34.4 Å². The second-order valence-electron chi connectivity index (χ2n) is 3.41. The van der Waals surface area contributed by atoms with Crippen molar-refractivity contribution in [3.63, 3.8) is 0 Å². The molecule has 0 aliphatic rings. The van der Waals surface area contributed by atoms with Crippen LogP contribution in [0.1, 0.15) is 36.1 Å². The quantitative estimate of drug-likeness (QED) is 0.754. The van der Waals surface area contributed by atoms with Crippen LogP contribution < -0.4 is 5.73 Å². The average molecular weight is 177 g/mol. The van der Waals surface area contributed by atoms with Gasteiger partial charge in [0, 0.05) is 6.54 Å². The normalized spacial score (nSPS) is 10.5. The van der Waals surface area contributed by atoms with Crippen LogP contribution in [-0.4, -0.2) is 0 Å². The number of rotatable bonds is 3. The summed E-state index contributed by atoms with van der Waals surface area (Å²) < 4.78 is 0. The summed E-state index contributed by atoms with van der Waals surface area (Å²) >= 11 is 0. The third-order valence-electron chi connectivity index (χ3n) is 2.69. The summed E-state index contributed by atoms with van der Waals surface area (Å²) in [5.41, 5.74) is 11.4. The standard InChI is InChI=1S/C12H19N/c1-4-11-9(3)6-7-10(8-13)12(11)5-2/h6-7H,4-5,8,13H2,1-3H3. The molecule has 1 heteroatoms. The number of aryl methyl sites for hydroxylation is 1. The van der Waals surface area contributed by atoms with Crippen molar-refractivity contribution in [1.29, 1.82) is 0 Å². The molecule has 1 nitrogen and oxygen atoms in total. The molecule has 13 heavy (non-hydrogen) atoms. The van der Waals surface area contributed by atoms with Crippen molar-refractivity contribution >= 4 is 0 Å². The van der Waals surface area contributed by atoms with Crippen LogP contribution in [0.15, 0.2) is 12.1 Å². The lowest BCUT2D eigenvalue weighted by Crippen LogP contribution is -2.05. The van der Waals surface area contributed by atoms with Gasteiger partial charge in [0.1, 0.15) is 0 Å². The van der Waals surface area contributed by atoms with Gasteiger partial charge in [0.25, 0.3) is 0 Å². The lowest BCUT2D eigenvalue weighted by molar-refractivity contribution is 0.951. The van der Waals surface area contributed by atoms with E-state index >= 15 is 0 Å². The zero-order chi connectivity index (χ0) is 9.84. The molecule has 0 spiro atoms. The minimum absolute atomic E-state index is 0.663. The molecular formula is C12H19N. The number of hydrogen-bond acceptors (Lipinski definition) is 1. The van der Waals surface area contributed by atoms with Crippen LogP contribution in [0.4, 0.5) is 0 Å². The topological polar surface area (TPSA) is 26.0 Å². The van der Waals surface area contributed by atoms with Crippen LogP contribution in [0.3, 0.4) is 0 Å². The largest absolute Gasteiger partial charge is 0.326 e. The number of hydrogen-bond donors (Lipinski definition) is 1. The summed E-state index contributed by atoms with van der Waals surface area (Å²) in [6, 6.07) is 4.34. The van der Waals surface area contributed by atoms with Crippen LogP contribution in [0.5, 0.6) is 0 Å². The van der Waals surface area contributed by atoms with Gasteiger partial charge in [-0.05, 0) is 42.0 Å². The summed E-state index contributed by atoms with van der Waals surface area (Å²) in [7, 11) is 0. The Labute approximate surface area is 81.0 Å². The maximum atomic E-state index is 5.70. The van der Waals surface area contributed by atoms with Gasteiger partial charge in [-0.15, -0.1) is 0 Å². The minimum atomic E-state index is 0.663. The molecule has 0 fully saturated rings. The maximum Gasteiger partial charge on any atom is 0.0180 e. The van der Waals surface area contributed by atoms with Crippen LogP contribution in [0.2, 0.25) is 0 Å². The molecule has 0 aromatic heterocycles. The molecular weight excluding hydrogens is 158 g/mol. The van der Waals surface area contributed by atoms with E-state index in [0.717, 1.165) is 12.8 Å². The predicted molar refractivity (Wildman–Crippen MR) is 57.8 cm³/mol. The Morgan fingerprint density at radius 2 is 1.69 bits per heavy atom. The fraction of sp³-hybridized carbons (Fsp3) is 0.500. The van der Waals surface area contributed by atoms with E-state index in [1.807, 2.05) is 0 Å². The van der Waals surface area contributed by atoms with Crippen LogP contribution in [0, 0.1) is 6.92 Å². The average Bonchev–Trinajstić information content (AvgIpc) is 2.17. The molecule has 72 valence electrons. The highest BCUT2D eigenvalue weighted by atomic mass is 14.5. The maximum absolute atomic E-state index is 5.70. The zero-order valence-electron chi connectivity index (χ0n) is 8.85. The van der Waals surface area contributed by atoms with E-state index in [1.165, 1.54) is 22.3 Å². The van der Waals surface area contributed by atoms with Crippen molar-refractivity contribution in [3.8, 4) is 0 Å². The number of nitrogens with two attached hydrogens (primary N) is 1. The van der Waals surface area contributed by atoms with Gasteiger partial charge in [-0.2, -0.15) is 0 Å². The first-order valence-corrected chi connectivity index (χ1v) is 5.04. The second kappa shape index (κ2) is 4.43. The van der Waals surface area contributed by atoms with Crippen LogP contribution >= 0.6 is 0 Å². The first-order valence-electron chi connectivity index (χ1n) is 5.04. The Balaban J connectivity index is 3.27. The van der Waals surface area contributed by atoms with Gasteiger partial charge in [-0.3, -0.25) is 0 Å². The zero-order valence-corrected chi connectivity index (χ0v) is 8.85. The second-order valence-corrected chi connectivity index (χ2v) is 3.41. The third kappa shape index (κ3) is 1.92. The molecule has 0 heterocycles. The van der Waals surface area contributed by atoms with Gasteiger partial charge in [0.2, 0.25) is 0 Å². The highest BCUT2D eigenvalue weighted by Crippen LogP contribution is 2.19. The van der Waals surface area contributed by atoms with Gasteiger partial charge < -0.3 is 5.73 Å². The monoisotopic (exact) mass is 177 g/mol. The molecule has 0 saturated heterocycles. The molecule has 0 atom stereocenters. The Morgan fingerprint density at radius 3 is 2.15 bits per heavy atom. The van der Waals surface area contributed by atoms with Gasteiger partial charge in [-0.25, -0.2) is 0 Å². The molecule has 1 aromatic rings. The molecule has 1 aromatic carbocycles. The molecule has 0 radical (unpaired) electrons. The Morgan fingerprint density at radius 1 is 1.08 bits per heavy atom. The van der Waals surface area contributed by atoms with E-state index in [4.69, 9.17) is 5.73 Å². The highest BCUT2D eigenvalue weighted by Gasteiger charge is 2.06. The van der Waals surface area contributed by atoms with E-state index < -0.39 is 0 Å². The minimum Gasteiger partial charge on any atom is -0.326 e. The highest BCUT2D eigenvalue weighted by molar-refractivity contribution is 5.40. The van der Waals surface area contributed by atoms with E-state index in [0.29, 0.717) is 6.54 Å². The van der Waals surface area contributed by atoms with Crippen molar-refractivity contribution in [2.24, 2.45) is 5.73 Å². The number of benzene rings is 1. The van der Waals surface area contributed by atoms with E-state index in [-0.39, 0.29) is 0 Å². The van der Waals surface area contributed by atoms with Crippen LogP contribution in [0.25, 0.3) is 0 Å². The fourth-order valence-corrected chi connectivity index (χ4v) is 1.98. The Kier molecular flexibility index (Phi) is 3.49. The van der Waals surface area contributed by atoms with Crippen molar-refractivity contribution in [2.75, 3.05) is 0 Å². The molecule has 0 amide bonds. The van der Waals surface area contributed by atoms with Crippen molar-refractivity contribution in [1.82, 2.24) is 0 Å². The molecule has 0 aliphatic carbocycles. The lowest BCUT2D eigenvalue weighted by atomic mass is 9.93. The van der Waals surface area contributed by atoms with Crippen molar-refractivity contribution in [2.45, 2.75) is 40.2 Å². The van der Waals surface area contributed by atoms with Gasteiger partial charge in [-0.1, -0.05) is 26.0 Å². The predicted octanol–water partition coefficient (Wildman–Crippen LogP) is 2.58.